The maximum Gasteiger partial charge on any atom is 0.256 e. The summed E-state index contributed by atoms with van der Waals surface area (Å²) < 4.78 is 0. The lowest BCUT2D eigenvalue weighted by atomic mass is 10.1. The van der Waals surface area contributed by atoms with E-state index in [0.29, 0.717) is 10.6 Å². The van der Waals surface area contributed by atoms with Crippen molar-refractivity contribution < 1.29 is 4.79 Å². The third-order valence-corrected chi connectivity index (χ3v) is 4.80. The molecule has 0 saturated carbocycles. The lowest BCUT2D eigenvalue weighted by molar-refractivity contribution is 0.0749. The Bertz CT molecular complexity index is 867. The van der Waals surface area contributed by atoms with Crippen LogP contribution in [0.1, 0.15) is 10.4 Å². The first-order valence-electron chi connectivity index (χ1n) is 8.08. The molecule has 1 saturated heterocycles. The van der Waals surface area contributed by atoms with Gasteiger partial charge in [-0.1, -0.05) is 29.8 Å². The Balaban J connectivity index is 1.51. The molecule has 1 N–H and O–H groups in total. The standard InChI is InChI=1S/C19H18ClN3O/c20-14-6-7-18-16(12-14)17(13-21-18)19(24)23-10-8-22(9-11-23)15-4-2-1-3-5-15/h1-7,12-13,21H,8-11H2. The molecule has 3 aromatic rings. The maximum absolute atomic E-state index is 12.9. The predicted molar refractivity (Wildman–Crippen MR) is 97.9 cm³/mol. The van der Waals surface area contributed by atoms with Crippen molar-refractivity contribution in [1.82, 2.24) is 9.88 Å². The van der Waals surface area contributed by atoms with E-state index in [2.05, 4.69) is 22.0 Å². The second-order valence-corrected chi connectivity index (χ2v) is 6.44. The number of hydrogen-bond donors (Lipinski definition) is 1. The van der Waals surface area contributed by atoms with Crippen LogP contribution in [0.2, 0.25) is 5.02 Å². The topological polar surface area (TPSA) is 39.3 Å². The van der Waals surface area contributed by atoms with Crippen molar-refractivity contribution in [3.8, 4) is 0 Å². The first-order valence-corrected chi connectivity index (χ1v) is 8.46. The molecule has 0 atom stereocenters. The number of carbonyl (C=O) groups is 1. The van der Waals surface area contributed by atoms with E-state index >= 15 is 0 Å². The van der Waals surface area contributed by atoms with E-state index in [4.69, 9.17) is 11.6 Å². The van der Waals surface area contributed by atoms with Crippen molar-refractivity contribution in [2.24, 2.45) is 0 Å². The summed E-state index contributed by atoms with van der Waals surface area (Å²) >= 11 is 6.08. The molecule has 4 rings (SSSR count). The smallest absolute Gasteiger partial charge is 0.256 e. The zero-order valence-corrected chi connectivity index (χ0v) is 14.0. The molecule has 1 amide bonds. The number of rotatable bonds is 2. The third-order valence-electron chi connectivity index (χ3n) is 4.56. The van der Waals surface area contributed by atoms with E-state index in [1.165, 1.54) is 5.69 Å². The van der Waals surface area contributed by atoms with Crippen molar-refractivity contribution in [2.75, 3.05) is 31.1 Å². The van der Waals surface area contributed by atoms with Gasteiger partial charge < -0.3 is 14.8 Å². The number of benzene rings is 2. The molecule has 24 heavy (non-hydrogen) atoms. The fraction of sp³-hybridized carbons (Fsp3) is 0.211. The first-order chi connectivity index (χ1) is 11.7. The molecule has 0 spiro atoms. The number of anilines is 1. The molecular formula is C19H18ClN3O. The minimum Gasteiger partial charge on any atom is -0.368 e. The fourth-order valence-electron chi connectivity index (χ4n) is 3.25. The van der Waals surface area contributed by atoms with E-state index < -0.39 is 0 Å². The van der Waals surface area contributed by atoms with Crippen molar-refractivity contribution in [1.29, 1.82) is 0 Å². The lowest BCUT2D eigenvalue weighted by Gasteiger charge is -2.36. The van der Waals surface area contributed by atoms with Gasteiger partial charge in [-0.25, -0.2) is 0 Å². The van der Waals surface area contributed by atoms with Gasteiger partial charge in [-0.2, -0.15) is 0 Å². The Morgan fingerprint density at radius 3 is 2.50 bits per heavy atom. The van der Waals surface area contributed by atoms with E-state index in [-0.39, 0.29) is 5.91 Å². The first kappa shape index (κ1) is 15.1. The van der Waals surface area contributed by atoms with Gasteiger partial charge in [-0.15, -0.1) is 0 Å². The van der Waals surface area contributed by atoms with Gasteiger partial charge in [0, 0.05) is 54.0 Å². The number of fused-ring (bicyclic) bond motifs is 1. The summed E-state index contributed by atoms with van der Waals surface area (Å²) in [5.41, 5.74) is 2.84. The van der Waals surface area contributed by atoms with Crippen LogP contribution in [0, 0.1) is 0 Å². The molecule has 2 aromatic carbocycles. The molecule has 1 aromatic heterocycles. The number of nitrogens with one attached hydrogen (secondary N) is 1. The van der Waals surface area contributed by atoms with Crippen molar-refractivity contribution >= 4 is 34.1 Å². The van der Waals surface area contributed by atoms with Gasteiger partial charge in [0.05, 0.1) is 5.56 Å². The summed E-state index contributed by atoms with van der Waals surface area (Å²) in [5.74, 6) is 0.0660. The quantitative estimate of drug-likeness (QED) is 0.771. The summed E-state index contributed by atoms with van der Waals surface area (Å²) in [5, 5.41) is 1.53. The largest absolute Gasteiger partial charge is 0.368 e. The highest BCUT2D eigenvalue weighted by atomic mass is 35.5. The predicted octanol–water partition coefficient (Wildman–Crippen LogP) is 3.78. The molecule has 0 bridgehead atoms. The minimum absolute atomic E-state index is 0.0660. The Hall–Kier alpha value is -2.46. The third kappa shape index (κ3) is 2.74. The number of halogens is 1. The monoisotopic (exact) mass is 339 g/mol. The number of amides is 1. The summed E-state index contributed by atoms with van der Waals surface area (Å²) in [4.78, 5) is 20.3. The summed E-state index contributed by atoms with van der Waals surface area (Å²) in [6, 6.07) is 15.9. The van der Waals surface area contributed by atoms with Gasteiger partial charge in [-0.3, -0.25) is 4.79 Å². The summed E-state index contributed by atoms with van der Waals surface area (Å²) in [6.07, 6.45) is 1.78. The molecule has 1 aliphatic rings. The van der Waals surface area contributed by atoms with Crippen molar-refractivity contribution in [3.05, 3.63) is 65.3 Å². The van der Waals surface area contributed by atoms with Crippen molar-refractivity contribution in [2.45, 2.75) is 0 Å². The summed E-state index contributed by atoms with van der Waals surface area (Å²) in [6.45, 7) is 3.14. The maximum atomic E-state index is 12.9. The molecule has 122 valence electrons. The number of aromatic amines is 1. The van der Waals surface area contributed by atoms with Crippen LogP contribution < -0.4 is 4.90 Å². The van der Waals surface area contributed by atoms with Gasteiger partial charge in [-0.05, 0) is 30.3 Å². The van der Waals surface area contributed by atoms with Gasteiger partial charge in [0.15, 0.2) is 0 Å². The highest BCUT2D eigenvalue weighted by molar-refractivity contribution is 6.31. The molecular weight excluding hydrogens is 322 g/mol. The second-order valence-electron chi connectivity index (χ2n) is 6.01. The number of carbonyl (C=O) groups excluding carboxylic acids is 1. The average Bonchev–Trinajstić information content (AvgIpc) is 3.05. The number of piperazine rings is 1. The Kier molecular flexibility index (Phi) is 3.90. The minimum atomic E-state index is 0.0660. The van der Waals surface area contributed by atoms with Crippen LogP contribution in [0.4, 0.5) is 5.69 Å². The van der Waals surface area contributed by atoms with Crippen LogP contribution in [0.3, 0.4) is 0 Å². The highest BCUT2D eigenvalue weighted by Gasteiger charge is 2.24. The number of H-pyrrole nitrogens is 1. The SMILES string of the molecule is O=C(c1c[nH]c2ccc(Cl)cc12)N1CCN(c2ccccc2)CC1. The molecule has 0 radical (unpaired) electrons. The van der Waals surface area contributed by atoms with E-state index in [0.717, 1.165) is 37.1 Å². The number of aromatic nitrogens is 1. The van der Waals surface area contributed by atoms with Crippen LogP contribution in [0.25, 0.3) is 10.9 Å². The van der Waals surface area contributed by atoms with Crippen molar-refractivity contribution in [3.63, 3.8) is 0 Å². The van der Waals surface area contributed by atoms with Crippen LogP contribution >= 0.6 is 11.6 Å². The molecule has 2 heterocycles. The highest BCUT2D eigenvalue weighted by Crippen LogP contribution is 2.24. The summed E-state index contributed by atoms with van der Waals surface area (Å²) in [7, 11) is 0. The Morgan fingerprint density at radius 1 is 1.00 bits per heavy atom. The van der Waals surface area contributed by atoms with Gasteiger partial charge in [0.25, 0.3) is 5.91 Å². The number of hydrogen-bond acceptors (Lipinski definition) is 2. The van der Waals surface area contributed by atoms with Crippen LogP contribution in [0.5, 0.6) is 0 Å². The van der Waals surface area contributed by atoms with Crippen LogP contribution in [0.15, 0.2) is 54.7 Å². The fourth-order valence-corrected chi connectivity index (χ4v) is 3.42. The zero-order valence-electron chi connectivity index (χ0n) is 13.2. The average molecular weight is 340 g/mol. The number of nitrogens with zero attached hydrogens (tertiary/aromatic N) is 2. The van der Waals surface area contributed by atoms with Crippen LogP contribution in [-0.4, -0.2) is 42.0 Å². The van der Waals surface area contributed by atoms with E-state index in [1.54, 1.807) is 6.20 Å². The molecule has 5 heteroatoms. The van der Waals surface area contributed by atoms with E-state index in [1.807, 2.05) is 41.3 Å². The van der Waals surface area contributed by atoms with E-state index in [9.17, 15) is 4.79 Å². The number of para-hydroxylation sites is 1. The molecule has 4 nitrogen and oxygen atoms in total. The molecule has 1 fully saturated rings. The molecule has 0 unspecified atom stereocenters. The Labute approximate surface area is 145 Å². The zero-order chi connectivity index (χ0) is 16.5. The van der Waals surface area contributed by atoms with Crippen LogP contribution in [-0.2, 0) is 0 Å². The molecule has 0 aliphatic carbocycles. The van der Waals surface area contributed by atoms with Gasteiger partial charge >= 0.3 is 0 Å². The lowest BCUT2D eigenvalue weighted by Crippen LogP contribution is -2.48. The second kappa shape index (κ2) is 6.21. The molecule has 1 aliphatic heterocycles. The normalized spacial score (nSPS) is 15.0. The van der Waals surface area contributed by atoms with Gasteiger partial charge in [0.1, 0.15) is 0 Å². The Morgan fingerprint density at radius 2 is 1.75 bits per heavy atom. The van der Waals surface area contributed by atoms with Gasteiger partial charge in [0.2, 0.25) is 0 Å².